The van der Waals surface area contributed by atoms with E-state index in [9.17, 15) is 0 Å². The maximum Gasteiger partial charge on any atom is 0.0230 e. The first kappa shape index (κ1) is 13.6. The van der Waals surface area contributed by atoms with Crippen molar-refractivity contribution in [2.24, 2.45) is 5.92 Å². The lowest BCUT2D eigenvalue weighted by atomic mass is 10.1. The number of benzene rings is 1. The minimum atomic E-state index is 0.979. The van der Waals surface area contributed by atoms with E-state index in [2.05, 4.69) is 48.5 Å². The number of rotatable bonds is 8. The molecule has 1 aromatic rings. The zero-order valence-electron chi connectivity index (χ0n) is 11.8. The van der Waals surface area contributed by atoms with Gasteiger partial charge in [0, 0.05) is 19.6 Å². The van der Waals surface area contributed by atoms with Crippen molar-refractivity contribution in [3.05, 3.63) is 35.4 Å². The van der Waals surface area contributed by atoms with E-state index in [4.69, 9.17) is 0 Å². The van der Waals surface area contributed by atoms with Gasteiger partial charge in [0.1, 0.15) is 0 Å². The van der Waals surface area contributed by atoms with Gasteiger partial charge in [0.05, 0.1) is 0 Å². The lowest BCUT2D eigenvalue weighted by molar-refractivity contribution is 0.313. The fourth-order valence-corrected chi connectivity index (χ4v) is 2.29. The van der Waals surface area contributed by atoms with Crippen LogP contribution >= 0.6 is 0 Å². The van der Waals surface area contributed by atoms with Crippen molar-refractivity contribution in [3.8, 4) is 0 Å². The molecule has 2 rings (SSSR count). The van der Waals surface area contributed by atoms with Crippen LogP contribution in [0.3, 0.4) is 0 Å². The fourth-order valence-electron chi connectivity index (χ4n) is 2.29. The third-order valence-corrected chi connectivity index (χ3v) is 3.50. The smallest absolute Gasteiger partial charge is 0.0230 e. The van der Waals surface area contributed by atoms with Gasteiger partial charge >= 0.3 is 0 Å². The van der Waals surface area contributed by atoms with Crippen molar-refractivity contribution in [2.75, 3.05) is 20.1 Å². The minimum absolute atomic E-state index is 0.979. The third kappa shape index (κ3) is 4.79. The van der Waals surface area contributed by atoms with Gasteiger partial charge in [-0.15, -0.1) is 0 Å². The largest absolute Gasteiger partial charge is 0.313 e. The van der Waals surface area contributed by atoms with Crippen LogP contribution in [0, 0.1) is 5.92 Å². The van der Waals surface area contributed by atoms with Gasteiger partial charge in [0.25, 0.3) is 0 Å². The number of hydrogen-bond acceptors (Lipinski definition) is 2. The summed E-state index contributed by atoms with van der Waals surface area (Å²) in [6.07, 6.45) is 4.07. The van der Waals surface area contributed by atoms with Crippen LogP contribution in [0.2, 0.25) is 0 Å². The third-order valence-electron chi connectivity index (χ3n) is 3.50. The molecule has 0 unspecified atom stereocenters. The molecule has 18 heavy (non-hydrogen) atoms. The molecule has 0 aromatic heterocycles. The second-order valence-electron chi connectivity index (χ2n) is 5.63. The average molecular weight is 246 g/mol. The molecule has 2 heteroatoms. The van der Waals surface area contributed by atoms with E-state index >= 15 is 0 Å². The highest BCUT2D eigenvalue weighted by atomic mass is 15.1. The van der Waals surface area contributed by atoms with Crippen molar-refractivity contribution in [2.45, 2.75) is 39.3 Å². The van der Waals surface area contributed by atoms with E-state index < -0.39 is 0 Å². The quantitative estimate of drug-likeness (QED) is 0.709. The Morgan fingerprint density at radius 2 is 1.83 bits per heavy atom. The van der Waals surface area contributed by atoms with Crippen molar-refractivity contribution in [1.82, 2.24) is 10.2 Å². The normalized spacial score (nSPS) is 15.3. The standard InChI is InChI=1S/C16H26N2/c1-3-10-17-11-14-4-6-15(7-5-14)12-18(2)13-16-8-9-16/h4-7,16-17H,3,8-13H2,1-2H3. The Bertz CT molecular complexity index is 341. The molecule has 0 atom stereocenters. The summed E-state index contributed by atoms with van der Waals surface area (Å²) in [4.78, 5) is 2.45. The van der Waals surface area contributed by atoms with Crippen LogP contribution in [0.25, 0.3) is 0 Å². The molecule has 1 aliphatic carbocycles. The first-order valence-electron chi connectivity index (χ1n) is 7.25. The van der Waals surface area contributed by atoms with Gasteiger partial charge in [0.2, 0.25) is 0 Å². The van der Waals surface area contributed by atoms with E-state index in [1.54, 1.807) is 0 Å². The van der Waals surface area contributed by atoms with Crippen molar-refractivity contribution >= 4 is 0 Å². The zero-order chi connectivity index (χ0) is 12.8. The molecule has 0 radical (unpaired) electrons. The highest BCUT2D eigenvalue weighted by Gasteiger charge is 2.22. The maximum absolute atomic E-state index is 3.44. The van der Waals surface area contributed by atoms with Gasteiger partial charge < -0.3 is 10.2 Å². The minimum Gasteiger partial charge on any atom is -0.313 e. The van der Waals surface area contributed by atoms with Gasteiger partial charge in [0.15, 0.2) is 0 Å². The van der Waals surface area contributed by atoms with Crippen LogP contribution < -0.4 is 5.32 Å². The molecule has 1 fully saturated rings. The molecule has 100 valence electrons. The number of hydrogen-bond donors (Lipinski definition) is 1. The Balaban J connectivity index is 1.75. The van der Waals surface area contributed by atoms with Crippen LogP contribution in [-0.2, 0) is 13.1 Å². The van der Waals surface area contributed by atoms with E-state index in [1.165, 1.54) is 36.9 Å². The zero-order valence-corrected chi connectivity index (χ0v) is 11.8. The molecule has 0 aliphatic heterocycles. The van der Waals surface area contributed by atoms with Crippen molar-refractivity contribution in [1.29, 1.82) is 0 Å². The highest BCUT2D eigenvalue weighted by Crippen LogP contribution is 2.29. The van der Waals surface area contributed by atoms with Crippen LogP contribution in [0.5, 0.6) is 0 Å². The van der Waals surface area contributed by atoms with Crippen LogP contribution in [-0.4, -0.2) is 25.0 Å². The summed E-state index contributed by atoms with van der Waals surface area (Å²) in [7, 11) is 2.23. The van der Waals surface area contributed by atoms with E-state index in [1.807, 2.05) is 0 Å². The predicted molar refractivity (Wildman–Crippen MR) is 77.5 cm³/mol. The van der Waals surface area contributed by atoms with Gasteiger partial charge in [-0.3, -0.25) is 0 Å². The molecular weight excluding hydrogens is 220 g/mol. The van der Waals surface area contributed by atoms with E-state index in [-0.39, 0.29) is 0 Å². The second kappa shape index (κ2) is 6.91. The summed E-state index contributed by atoms with van der Waals surface area (Å²) in [5.74, 6) is 0.979. The highest BCUT2D eigenvalue weighted by molar-refractivity contribution is 5.22. The molecule has 1 aromatic carbocycles. The Labute approximate surface area is 111 Å². The summed E-state index contributed by atoms with van der Waals surface area (Å²) >= 11 is 0. The molecule has 0 saturated heterocycles. The lowest BCUT2D eigenvalue weighted by Gasteiger charge is -2.16. The van der Waals surface area contributed by atoms with Crippen molar-refractivity contribution in [3.63, 3.8) is 0 Å². The maximum atomic E-state index is 3.44. The fraction of sp³-hybridized carbons (Fsp3) is 0.625. The van der Waals surface area contributed by atoms with Gasteiger partial charge in [-0.2, -0.15) is 0 Å². The SMILES string of the molecule is CCCNCc1ccc(CN(C)CC2CC2)cc1. The average Bonchev–Trinajstić information content (AvgIpc) is 3.15. The molecule has 0 amide bonds. The molecule has 1 aliphatic rings. The summed E-state index contributed by atoms with van der Waals surface area (Å²) in [6, 6.07) is 9.05. The Morgan fingerprint density at radius 1 is 1.17 bits per heavy atom. The summed E-state index contributed by atoms with van der Waals surface area (Å²) in [5.41, 5.74) is 2.81. The summed E-state index contributed by atoms with van der Waals surface area (Å²) in [5, 5.41) is 3.44. The van der Waals surface area contributed by atoms with Gasteiger partial charge in [-0.05, 0) is 49.9 Å². The molecular formula is C16H26N2. The number of nitrogens with zero attached hydrogens (tertiary/aromatic N) is 1. The lowest BCUT2D eigenvalue weighted by Crippen LogP contribution is -2.20. The monoisotopic (exact) mass is 246 g/mol. The van der Waals surface area contributed by atoms with E-state index in [0.717, 1.165) is 25.6 Å². The molecule has 1 N–H and O–H groups in total. The molecule has 0 heterocycles. The summed E-state index contributed by atoms with van der Waals surface area (Å²) < 4.78 is 0. The Kier molecular flexibility index (Phi) is 5.21. The first-order valence-corrected chi connectivity index (χ1v) is 7.25. The van der Waals surface area contributed by atoms with Crippen LogP contribution in [0.1, 0.15) is 37.3 Å². The molecule has 2 nitrogen and oxygen atoms in total. The summed E-state index contributed by atoms with van der Waals surface area (Å²) in [6.45, 7) is 6.64. The molecule has 0 spiro atoms. The topological polar surface area (TPSA) is 15.3 Å². The van der Waals surface area contributed by atoms with Gasteiger partial charge in [-0.1, -0.05) is 31.2 Å². The van der Waals surface area contributed by atoms with Gasteiger partial charge in [-0.25, -0.2) is 0 Å². The Morgan fingerprint density at radius 3 is 2.44 bits per heavy atom. The van der Waals surface area contributed by atoms with Crippen LogP contribution in [0.4, 0.5) is 0 Å². The second-order valence-corrected chi connectivity index (χ2v) is 5.63. The molecule has 1 saturated carbocycles. The van der Waals surface area contributed by atoms with Crippen molar-refractivity contribution < 1.29 is 0 Å². The first-order chi connectivity index (χ1) is 8.78. The van der Waals surface area contributed by atoms with E-state index in [0.29, 0.717) is 0 Å². The number of nitrogens with one attached hydrogen (secondary N) is 1. The Hall–Kier alpha value is -0.860. The van der Waals surface area contributed by atoms with Crippen LogP contribution in [0.15, 0.2) is 24.3 Å². The predicted octanol–water partition coefficient (Wildman–Crippen LogP) is 3.03. The molecule has 0 bridgehead atoms.